The van der Waals surface area contributed by atoms with E-state index in [2.05, 4.69) is 21.0 Å². The molecule has 0 unspecified atom stereocenters. The zero-order chi connectivity index (χ0) is 14.0. The molecule has 2 aromatic rings. The molecule has 4 nitrogen and oxygen atoms in total. The summed E-state index contributed by atoms with van der Waals surface area (Å²) in [5, 5.41) is 4.32. The van der Waals surface area contributed by atoms with Gasteiger partial charge in [-0.15, -0.1) is 0 Å². The van der Waals surface area contributed by atoms with Crippen molar-refractivity contribution < 1.29 is 9.13 Å². The standard InChI is InChI=1S/C13H15BrFN3O/c1-8-10(5-6-16)13(18(2)17-8)19-12-4-3-9(15)7-11(12)14/h3-4,7H,5-6,16H2,1-2H3. The van der Waals surface area contributed by atoms with E-state index in [1.807, 2.05) is 6.92 Å². The zero-order valence-electron chi connectivity index (χ0n) is 10.8. The highest BCUT2D eigenvalue weighted by molar-refractivity contribution is 9.10. The third-order valence-electron chi connectivity index (χ3n) is 2.78. The minimum Gasteiger partial charge on any atom is -0.438 e. The van der Waals surface area contributed by atoms with E-state index in [4.69, 9.17) is 10.5 Å². The molecule has 1 aromatic carbocycles. The molecule has 0 radical (unpaired) electrons. The van der Waals surface area contributed by atoms with Crippen LogP contribution in [0.5, 0.6) is 11.6 Å². The summed E-state index contributed by atoms with van der Waals surface area (Å²) in [6, 6.07) is 4.29. The van der Waals surface area contributed by atoms with Crippen LogP contribution in [0.25, 0.3) is 0 Å². The van der Waals surface area contributed by atoms with E-state index >= 15 is 0 Å². The number of ether oxygens (including phenoxy) is 1. The predicted octanol–water partition coefficient (Wildman–Crippen LogP) is 2.92. The van der Waals surface area contributed by atoms with Gasteiger partial charge in [0, 0.05) is 12.6 Å². The Morgan fingerprint density at radius 1 is 1.47 bits per heavy atom. The average molecular weight is 328 g/mol. The number of halogens is 2. The minimum absolute atomic E-state index is 0.317. The van der Waals surface area contributed by atoms with Gasteiger partial charge in [-0.05, 0) is 54.0 Å². The Kier molecular flexibility index (Phi) is 4.21. The van der Waals surface area contributed by atoms with Crippen LogP contribution in [-0.4, -0.2) is 16.3 Å². The SMILES string of the molecule is Cc1nn(C)c(Oc2ccc(F)cc2Br)c1CCN. The molecule has 2 rings (SSSR count). The molecule has 0 aliphatic heterocycles. The normalized spacial score (nSPS) is 10.8. The number of hydrogen-bond donors (Lipinski definition) is 1. The Morgan fingerprint density at radius 2 is 2.21 bits per heavy atom. The summed E-state index contributed by atoms with van der Waals surface area (Å²) in [4.78, 5) is 0. The largest absolute Gasteiger partial charge is 0.438 e. The first-order valence-corrected chi connectivity index (χ1v) is 6.67. The fourth-order valence-corrected chi connectivity index (χ4v) is 2.33. The van der Waals surface area contributed by atoms with Crippen LogP contribution in [0.1, 0.15) is 11.3 Å². The van der Waals surface area contributed by atoms with Gasteiger partial charge in [-0.3, -0.25) is 0 Å². The van der Waals surface area contributed by atoms with Crippen molar-refractivity contribution in [3.05, 3.63) is 39.7 Å². The molecule has 2 N–H and O–H groups in total. The summed E-state index contributed by atoms with van der Waals surface area (Å²) in [7, 11) is 1.81. The molecule has 0 spiro atoms. The van der Waals surface area contributed by atoms with E-state index in [9.17, 15) is 4.39 Å². The van der Waals surface area contributed by atoms with Gasteiger partial charge in [-0.1, -0.05) is 0 Å². The first kappa shape index (κ1) is 14.0. The summed E-state index contributed by atoms with van der Waals surface area (Å²) in [6.45, 7) is 2.44. The molecule has 0 amide bonds. The lowest BCUT2D eigenvalue weighted by Crippen LogP contribution is -2.05. The Balaban J connectivity index is 2.37. The van der Waals surface area contributed by atoms with Gasteiger partial charge in [0.1, 0.15) is 11.6 Å². The molecule has 1 aromatic heterocycles. The van der Waals surface area contributed by atoms with Crippen LogP contribution in [-0.2, 0) is 13.5 Å². The maximum absolute atomic E-state index is 13.1. The molecule has 0 fully saturated rings. The van der Waals surface area contributed by atoms with Crippen molar-refractivity contribution in [3.8, 4) is 11.6 Å². The number of aromatic nitrogens is 2. The Morgan fingerprint density at radius 3 is 2.84 bits per heavy atom. The van der Waals surface area contributed by atoms with Crippen molar-refractivity contribution in [1.82, 2.24) is 9.78 Å². The Labute approximate surface area is 119 Å². The highest BCUT2D eigenvalue weighted by atomic mass is 79.9. The van der Waals surface area contributed by atoms with E-state index in [1.54, 1.807) is 17.8 Å². The van der Waals surface area contributed by atoms with E-state index in [0.717, 1.165) is 11.3 Å². The molecule has 0 atom stereocenters. The first-order valence-electron chi connectivity index (χ1n) is 5.88. The van der Waals surface area contributed by atoms with Crippen LogP contribution >= 0.6 is 15.9 Å². The van der Waals surface area contributed by atoms with E-state index in [0.29, 0.717) is 29.1 Å². The fourth-order valence-electron chi connectivity index (χ4n) is 1.90. The molecule has 6 heteroatoms. The van der Waals surface area contributed by atoms with E-state index in [-0.39, 0.29) is 5.82 Å². The van der Waals surface area contributed by atoms with Gasteiger partial charge >= 0.3 is 0 Å². The number of rotatable bonds is 4. The topological polar surface area (TPSA) is 53.1 Å². The number of nitrogens with two attached hydrogens (primary N) is 1. The summed E-state index contributed by atoms with van der Waals surface area (Å²) in [5.74, 6) is 0.862. The maximum Gasteiger partial charge on any atom is 0.221 e. The summed E-state index contributed by atoms with van der Waals surface area (Å²) >= 11 is 3.28. The quantitative estimate of drug-likeness (QED) is 0.939. The second-order valence-corrected chi connectivity index (χ2v) is 5.06. The number of nitrogens with zero attached hydrogens (tertiary/aromatic N) is 2. The van der Waals surface area contributed by atoms with Gasteiger partial charge in [0.25, 0.3) is 0 Å². The average Bonchev–Trinajstić information content (AvgIpc) is 2.60. The molecule has 0 saturated heterocycles. The van der Waals surface area contributed by atoms with Gasteiger partial charge in [0.2, 0.25) is 5.88 Å². The lowest BCUT2D eigenvalue weighted by atomic mass is 10.2. The molecular formula is C13H15BrFN3O. The predicted molar refractivity (Wildman–Crippen MR) is 74.9 cm³/mol. The third-order valence-corrected chi connectivity index (χ3v) is 3.40. The Hall–Kier alpha value is -1.40. The Bertz CT molecular complexity index is 598. The second-order valence-electron chi connectivity index (χ2n) is 4.21. The van der Waals surface area contributed by atoms with Gasteiger partial charge < -0.3 is 10.5 Å². The summed E-state index contributed by atoms with van der Waals surface area (Å²) in [6.07, 6.45) is 0.688. The van der Waals surface area contributed by atoms with Gasteiger partial charge in [0.05, 0.1) is 10.2 Å². The van der Waals surface area contributed by atoms with Crippen molar-refractivity contribution >= 4 is 15.9 Å². The first-order chi connectivity index (χ1) is 9.02. The number of benzene rings is 1. The molecule has 0 bridgehead atoms. The van der Waals surface area contributed by atoms with Crippen molar-refractivity contribution in [2.45, 2.75) is 13.3 Å². The van der Waals surface area contributed by atoms with Crippen molar-refractivity contribution in [2.24, 2.45) is 12.8 Å². The zero-order valence-corrected chi connectivity index (χ0v) is 12.4. The number of aryl methyl sites for hydroxylation is 2. The van der Waals surface area contributed by atoms with Crippen LogP contribution in [0.4, 0.5) is 4.39 Å². The highest BCUT2D eigenvalue weighted by Crippen LogP contribution is 2.32. The van der Waals surface area contributed by atoms with Crippen LogP contribution < -0.4 is 10.5 Å². The van der Waals surface area contributed by atoms with Crippen molar-refractivity contribution in [3.63, 3.8) is 0 Å². The van der Waals surface area contributed by atoms with Crippen molar-refractivity contribution in [2.75, 3.05) is 6.54 Å². The van der Waals surface area contributed by atoms with Crippen molar-refractivity contribution in [1.29, 1.82) is 0 Å². The minimum atomic E-state index is -0.317. The smallest absolute Gasteiger partial charge is 0.221 e. The third kappa shape index (κ3) is 2.96. The summed E-state index contributed by atoms with van der Waals surface area (Å²) in [5.41, 5.74) is 7.46. The summed E-state index contributed by atoms with van der Waals surface area (Å²) < 4.78 is 21.1. The fraction of sp³-hybridized carbons (Fsp3) is 0.308. The van der Waals surface area contributed by atoms with Gasteiger partial charge in [-0.2, -0.15) is 5.10 Å². The molecule has 19 heavy (non-hydrogen) atoms. The molecular weight excluding hydrogens is 313 g/mol. The van der Waals surface area contributed by atoms with E-state index < -0.39 is 0 Å². The van der Waals surface area contributed by atoms with Crippen LogP contribution in [0, 0.1) is 12.7 Å². The lowest BCUT2D eigenvalue weighted by molar-refractivity contribution is 0.422. The molecule has 1 heterocycles. The number of hydrogen-bond acceptors (Lipinski definition) is 3. The monoisotopic (exact) mass is 327 g/mol. The second kappa shape index (κ2) is 5.71. The van der Waals surface area contributed by atoms with E-state index in [1.165, 1.54) is 12.1 Å². The van der Waals surface area contributed by atoms with Crippen LogP contribution in [0.3, 0.4) is 0 Å². The molecule has 0 saturated carbocycles. The highest BCUT2D eigenvalue weighted by Gasteiger charge is 2.16. The van der Waals surface area contributed by atoms with Gasteiger partial charge in [-0.25, -0.2) is 9.07 Å². The lowest BCUT2D eigenvalue weighted by Gasteiger charge is -2.10. The molecule has 102 valence electrons. The van der Waals surface area contributed by atoms with Gasteiger partial charge in [0.15, 0.2) is 0 Å². The van der Waals surface area contributed by atoms with Crippen LogP contribution in [0.15, 0.2) is 22.7 Å². The van der Waals surface area contributed by atoms with Crippen LogP contribution in [0.2, 0.25) is 0 Å². The molecule has 0 aliphatic carbocycles. The molecule has 0 aliphatic rings. The maximum atomic E-state index is 13.1.